The fraction of sp³-hybridized carbons (Fsp3) is 0.273. The fourth-order valence-electron chi connectivity index (χ4n) is 3.54. The summed E-state index contributed by atoms with van der Waals surface area (Å²) >= 11 is 0. The van der Waals surface area contributed by atoms with Crippen LogP contribution in [-0.2, 0) is 0 Å². The number of hydrogen-bond donors (Lipinski definition) is 0. The normalized spacial score (nSPS) is 18.8. The number of aliphatic imine (C=N–C) groups is 2. The smallest absolute Gasteiger partial charge is 0.155 e. The van der Waals surface area contributed by atoms with Crippen molar-refractivity contribution >= 4 is 17.6 Å². The van der Waals surface area contributed by atoms with Gasteiger partial charge in [-0.1, -0.05) is 68.0 Å². The van der Waals surface area contributed by atoms with Crippen molar-refractivity contribution in [2.45, 2.75) is 26.7 Å². The van der Waals surface area contributed by atoms with E-state index in [2.05, 4.69) is 80.4 Å². The van der Waals surface area contributed by atoms with Crippen LogP contribution in [0.25, 0.3) is 6.08 Å². The molecule has 1 unspecified atom stereocenters. The Morgan fingerprint density at radius 1 is 1.04 bits per heavy atom. The van der Waals surface area contributed by atoms with Crippen LogP contribution in [0.4, 0.5) is 0 Å². The van der Waals surface area contributed by atoms with Gasteiger partial charge in [0.25, 0.3) is 0 Å². The zero-order valence-electron chi connectivity index (χ0n) is 14.5. The first-order chi connectivity index (χ1) is 11.6. The molecule has 0 radical (unpaired) electrons. The Morgan fingerprint density at radius 2 is 1.92 bits per heavy atom. The highest BCUT2D eigenvalue weighted by atomic mass is 15.0. The van der Waals surface area contributed by atoms with Gasteiger partial charge in [0.05, 0.1) is 12.3 Å². The molecular formula is C22H22N2. The molecule has 120 valence electrons. The van der Waals surface area contributed by atoms with E-state index in [0.717, 1.165) is 17.1 Å². The number of amidine groups is 1. The van der Waals surface area contributed by atoms with E-state index in [9.17, 15) is 0 Å². The molecule has 0 fully saturated rings. The Bertz CT molecular complexity index is 885. The van der Waals surface area contributed by atoms with Gasteiger partial charge in [0, 0.05) is 11.5 Å². The zero-order chi connectivity index (χ0) is 16.7. The number of nitrogens with zero attached hydrogens (tertiary/aromatic N) is 2. The van der Waals surface area contributed by atoms with Crippen LogP contribution in [-0.4, -0.2) is 18.1 Å². The summed E-state index contributed by atoms with van der Waals surface area (Å²) in [5.74, 6) is 2.02. The van der Waals surface area contributed by atoms with E-state index in [0.29, 0.717) is 18.4 Å². The minimum absolute atomic E-state index is 0.533. The molecule has 2 aromatic carbocycles. The molecule has 2 heteroatoms. The molecule has 2 aliphatic rings. The number of hydrogen-bond acceptors (Lipinski definition) is 2. The molecule has 0 N–H and O–H groups in total. The molecule has 0 bridgehead atoms. The van der Waals surface area contributed by atoms with E-state index in [1.54, 1.807) is 0 Å². The van der Waals surface area contributed by atoms with Crippen LogP contribution in [0.2, 0.25) is 0 Å². The lowest BCUT2D eigenvalue weighted by Crippen LogP contribution is -2.03. The molecular weight excluding hydrogens is 292 g/mol. The largest absolute Gasteiger partial charge is 0.260 e. The summed E-state index contributed by atoms with van der Waals surface area (Å²) in [5.41, 5.74) is 7.35. The first-order valence-corrected chi connectivity index (χ1v) is 8.63. The molecule has 1 heterocycles. The molecule has 0 saturated heterocycles. The summed E-state index contributed by atoms with van der Waals surface area (Å²) in [6, 6.07) is 15.1. The van der Waals surface area contributed by atoms with Crippen molar-refractivity contribution in [3.8, 4) is 0 Å². The van der Waals surface area contributed by atoms with Crippen molar-refractivity contribution in [3.05, 3.63) is 76.4 Å². The van der Waals surface area contributed by atoms with Crippen molar-refractivity contribution in [1.82, 2.24) is 0 Å². The van der Waals surface area contributed by atoms with Gasteiger partial charge < -0.3 is 0 Å². The first kappa shape index (κ1) is 15.1. The van der Waals surface area contributed by atoms with Crippen LogP contribution in [0.15, 0.2) is 58.5 Å². The Labute approximate surface area is 143 Å². The monoisotopic (exact) mass is 314 g/mol. The average molecular weight is 314 g/mol. The predicted molar refractivity (Wildman–Crippen MR) is 102 cm³/mol. The van der Waals surface area contributed by atoms with E-state index < -0.39 is 0 Å². The van der Waals surface area contributed by atoms with Gasteiger partial charge in [-0.05, 0) is 35.6 Å². The highest BCUT2D eigenvalue weighted by Gasteiger charge is 2.22. The summed E-state index contributed by atoms with van der Waals surface area (Å²) in [4.78, 5) is 9.45. The van der Waals surface area contributed by atoms with Gasteiger partial charge in [0.1, 0.15) is 0 Å². The Morgan fingerprint density at radius 3 is 2.71 bits per heavy atom. The van der Waals surface area contributed by atoms with Crippen molar-refractivity contribution in [2.75, 3.05) is 6.54 Å². The minimum atomic E-state index is 0.533. The molecule has 1 aliphatic carbocycles. The number of allylic oxidation sites excluding steroid dienone is 1. The lowest BCUT2D eigenvalue weighted by molar-refractivity contribution is 0.584. The van der Waals surface area contributed by atoms with Crippen molar-refractivity contribution in [2.24, 2.45) is 15.9 Å². The Kier molecular flexibility index (Phi) is 3.68. The SMILES string of the molecule is Cc1cccc(C2=NC(c3ccc4c(c3)C=CC4C(C)C)=NC2)c1. The standard InChI is InChI=1S/C22H22N2/c1-14(2)19-9-7-16-12-18(8-10-20(16)19)22-23-13-21(24-22)17-6-4-5-15(3)11-17/h4-12,14,19H,13H2,1-3H3. The molecule has 0 spiro atoms. The van der Waals surface area contributed by atoms with Crippen molar-refractivity contribution < 1.29 is 0 Å². The van der Waals surface area contributed by atoms with Gasteiger partial charge in [0.2, 0.25) is 0 Å². The topological polar surface area (TPSA) is 24.7 Å². The third kappa shape index (κ3) is 2.62. The molecule has 2 nitrogen and oxygen atoms in total. The van der Waals surface area contributed by atoms with Gasteiger partial charge in [0.15, 0.2) is 5.84 Å². The summed E-state index contributed by atoms with van der Waals surface area (Å²) < 4.78 is 0. The Balaban J connectivity index is 1.63. The first-order valence-electron chi connectivity index (χ1n) is 8.63. The predicted octanol–water partition coefficient (Wildman–Crippen LogP) is 5.01. The maximum Gasteiger partial charge on any atom is 0.155 e. The average Bonchev–Trinajstić information content (AvgIpc) is 3.21. The van der Waals surface area contributed by atoms with Gasteiger partial charge in [-0.2, -0.15) is 0 Å². The van der Waals surface area contributed by atoms with Crippen LogP contribution in [0.3, 0.4) is 0 Å². The highest BCUT2D eigenvalue weighted by Crippen LogP contribution is 2.36. The summed E-state index contributed by atoms with van der Waals surface area (Å²) in [6.45, 7) is 7.33. The molecule has 1 aliphatic heterocycles. The highest BCUT2D eigenvalue weighted by molar-refractivity contribution is 6.17. The minimum Gasteiger partial charge on any atom is -0.260 e. The van der Waals surface area contributed by atoms with E-state index in [4.69, 9.17) is 4.99 Å². The number of aryl methyl sites for hydroxylation is 1. The van der Waals surface area contributed by atoms with Crippen LogP contribution in [0.1, 0.15) is 47.6 Å². The van der Waals surface area contributed by atoms with E-state index in [1.807, 2.05) is 0 Å². The lowest BCUT2D eigenvalue weighted by atomic mass is 9.90. The van der Waals surface area contributed by atoms with E-state index >= 15 is 0 Å². The number of rotatable bonds is 3. The van der Waals surface area contributed by atoms with Crippen LogP contribution in [0.5, 0.6) is 0 Å². The summed E-state index contributed by atoms with van der Waals surface area (Å²) in [5, 5.41) is 0. The van der Waals surface area contributed by atoms with Crippen LogP contribution >= 0.6 is 0 Å². The zero-order valence-corrected chi connectivity index (χ0v) is 14.5. The third-order valence-corrected chi connectivity index (χ3v) is 4.88. The molecule has 1 atom stereocenters. The maximum atomic E-state index is 4.79. The number of fused-ring (bicyclic) bond motifs is 1. The quantitative estimate of drug-likeness (QED) is 0.761. The van der Waals surface area contributed by atoms with Gasteiger partial charge in [-0.3, -0.25) is 4.99 Å². The molecule has 24 heavy (non-hydrogen) atoms. The Hall–Kier alpha value is -2.48. The van der Waals surface area contributed by atoms with Crippen molar-refractivity contribution in [3.63, 3.8) is 0 Å². The van der Waals surface area contributed by atoms with Gasteiger partial charge in [-0.15, -0.1) is 0 Å². The lowest BCUT2D eigenvalue weighted by Gasteiger charge is -2.15. The second-order valence-corrected chi connectivity index (χ2v) is 7.04. The molecule has 0 aromatic heterocycles. The summed E-state index contributed by atoms with van der Waals surface area (Å²) in [6.07, 6.45) is 4.56. The second-order valence-electron chi connectivity index (χ2n) is 7.04. The fourth-order valence-corrected chi connectivity index (χ4v) is 3.54. The van der Waals surface area contributed by atoms with E-state index in [-0.39, 0.29) is 0 Å². The molecule has 4 rings (SSSR count). The summed E-state index contributed by atoms with van der Waals surface area (Å²) in [7, 11) is 0. The number of benzene rings is 2. The van der Waals surface area contributed by atoms with Gasteiger partial charge >= 0.3 is 0 Å². The van der Waals surface area contributed by atoms with E-state index in [1.165, 1.54) is 22.3 Å². The second kappa shape index (κ2) is 5.86. The molecule has 2 aromatic rings. The maximum absolute atomic E-state index is 4.79. The molecule has 0 saturated carbocycles. The van der Waals surface area contributed by atoms with Crippen molar-refractivity contribution in [1.29, 1.82) is 0 Å². The third-order valence-electron chi connectivity index (χ3n) is 4.88. The van der Waals surface area contributed by atoms with Gasteiger partial charge in [-0.25, -0.2) is 4.99 Å². The van der Waals surface area contributed by atoms with Crippen LogP contribution in [0, 0.1) is 12.8 Å². The van der Waals surface area contributed by atoms with Crippen LogP contribution < -0.4 is 0 Å². The molecule has 0 amide bonds.